The van der Waals surface area contributed by atoms with Crippen molar-refractivity contribution in [3.05, 3.63) is 35.4 Å². The molecule has 1 aromatic rings. The fraction of sp³-hybridized carbons (Fsp3) is 0.571. The highest BCUT2D eigenvalue weighted by atomic mass is 19.1. The molecule has 0 unspecified atom stereocenters. The summed E-state index contributed by atoms with van der Waals surface area (Å²) in [7, 11) is 0. The summed E-state index contributed by atoms with van der Waals surface area (Å²) in [5.74, 6) is -1.03. The van der Waals surface area contributed by atoms with E-state index in [-0.39, 0.29) is 0 Å². The van der Waals surface area contributed by atoms with E-state index in [0.717, 1.165) is 31.7 Å². The summed E-state index contributed by atoms with van der Waals surface area (Å²) in [5, 5.41) is 3.23. The third-order valence-electron chi connectivity index (χ3n) is 3.30. The molecule has 0 saturated heterocycles. The molecule has 2 nitrogen and oxygen atoms in total. The minimum absolute atomic E-state index is 0.511. The van der Waals surface area contributed by atoms with E-state index in [9.17, 15) is 8.78 Å². The monoisotopic (exact) mass is 254 g/mol. The molecule has 0 aromatic heterocycles. The molecular formula is C14H20F2N2. The van der Waals surface area contributed by atoms with E-state index in [1.165, 1.54) is 25.0 Å². The van der Waals surface area contributed by atoms with Gasteiger partial charge in [0, 0.05) is 31.7 Å². The topological polar surface area (TPSA) is 15.3 Å². The highest BCUT2D eigenvalue weighted by Gasteiger charge is 2.26. The van der Waals surface area contributed by atoms with Gasteiger partial charge in [0.15, 0.2) is 0 Å². The Morgan fingerprint density at radius 2 is 1.89 bits per heavy atom. The first-order valence-corrected chi connectivity index (χ1v) is 6.58. The molecule has 0 spiro atoms. The van der Waals surface area contributed by atoms with Crippen molar-refractivity contribution in [1.82, 2.24) is 10.2 Å². The second-order valence-electron chi connectivity index (χ2n) is 4.81. The van der Waals surface area contributed by atoms with Crippen LogP contribution in [-0.2, 0) is 6.54 Å². The van der Waals surface area contributed by atoms with Gasteiger partial charge in [-0.3, -0.25) is 4.90 Å². The molecule has 18 heavy (non-hydrogen) atoms. The lowest BCUT2D eigenvalue weighted by Gasteiger charge is -2.19. The molecule has 2 rings (SSSR count). The van der Waals surface area contributed by atoms with Crippen LogP contribution in [0.2, 0.25) is 0 Å². The quantitative estimate of drug-likeness (QED) is 0.752. The van der Waals surface area contributed by atoms with E-state index in [4.69, 9.17) is 0 Å². The van der Waals surface area contributed by atoms with Crippen molar-refractivity contribution in [2.45, 2.75) is 32.4 Å². The molecule has 100 valence electrons. The second-order valence-corrected chi connectivity index (χ2v) is 4.81. The van der Waals surface area contributed by atoms with Crippen LogP contribution in [0.3, 0.4) is 0 Å². The number of nitrogens with one attached hydrogen (secondary N) is 1. The van der Waals surface area contributed by atoms with Crippen LogP contribution < -0.4 is 5.32 Å². The predicted octanol–water partition coefficient (Wildman–Crippen LogP) is 2.54. The average molecular weight is 254 g/mol. The summed E-state index contributed by atoms with van der Waals surface area (Å²) in [6.07, 6.45) is 2.62. The van der Waals surface area contributed by atoms with E-state index in [0.29, 0.717) is 12.1 Å². The molecule has 1 fully saturated rings. The van der Waals surface area contributed by atoms with E-state index in [1.807, 2.05) is 0 Å². The maximum absolute atomic E-state index is 13.0. The molecule has 1 saturated carbocycles. The molecule has 0 atom stereocenters. The van der Waals surface area contributed by atoms with Crippen LogP contribution in [0, 0.1) is 11.6 Å². The van der Waals surface area contributed by atoms with Crippen molar-refractivity contribution >= 4 is 0 Å². The highest BCUT2D eigenvalue weighted by Crippen LogP contribution is 2.25. The Morgan fingerprint density at radius 1 is 1.22 bits per heavy atom. The first-order chi connectivity index (χ1) is 8.69. The zero-order valence-electron chi connectivity index (χ0n) is 10.8. The Morgan fingerprint density at radius 3 is 2.44 bits per heavy atom. The molecule has 1 aliphatic rings. The highest BCUT2D eigenvalue weighted by molar-refractivity contribution is 5.17. The van der Waals surface area contributed by atoms with Gasteiger partial charge in [0.2, 0.25) is 0 Å². The van der Waals surface area contributed by atoms with Crippen molar-refractivity contribution in [1.29, 1.82) is 0 Å². The molecule has 0 radical (unpaired) electrons. The smallest absolute Gasteiger partial charge is 0.126 e. The average Bonchev–Trinajstić information content (AvgIpc) is 3.12. The van der Waals surface area contributed by atoms with E-state index >= 15 is 0 Å². The van der Waals surface area contributed by atoms with Gasteiger partial charge in [-0.25, -0.2) is 8.78 Å². The summed E-state index contributed by atoms with van der Waals surface area (Å²) < 4.78 is 25.9. The second kappa shape index (κ2) is 6.25. The Hall–Kier alpha value is -1.00. The van der Waals surface area contributed by atoms with Crippen LogP contribution in [0.1, 0.15) is 25.3 Å². The van der Waals surface area contributed by atoms with Crippen LogP contribution in [0.5, 0.6) is 0 Å². The van der Waals surface area contributed by atoms with Crippen molar-refractivity contribution < 1.29 is 8.78 Å². The fourth-order valence-electron chi connectivity index (χ4n) is 2.21. The van der Waals surface area contributed by atoms with Crippen LogP contribution >= 0.6 is 0 Å². The van der Waals surface area contributed by atoms with E-state index < -0.39 is 11.6 Å². The van der Waals surface area contributed by atoms with Crippen LogP contribution in [-0.4, -0.2) is 30.6 Å². The van der Waals surface area contributed by atoms with Gasteiger partial charge in [-0.1, -0.05) is 6.92 Å². The normalized spacial score (nSPS) is 15.3. The Balaban J connectivity index is 1.71. The molecule has 1 aromatic carbocycles. The third kappa shape index (κ3) is 4.03. The number of hydrogen-bond donors (Lipinski definition) is 1. The summed E-state index contributed by atoms with van der Waals surface area (Å²) in [4.78, 5) is 2.44. The molecular weight excluding hydrogens is 234 g/mol. The van der Waals surface area contributed by atoms with Crippen LogP contribution in [0.25, 0.3) is 0 Å². The lowest BCUT2D eigenvalue weighted by molar-refractivity contribution is 0.277. The third-order valence-corrected chi connectivity index (χ3v) is 3.30. The zero-order chi connectivity index (χ0) is 13.0. The van der Waals surface area contributed by atoms with Gasteiger partial charge in [-0.05, 0) is 37.1 Å². The number of likely N-dealkylation sites (N-methyl/N-ethyl adjacent to an activating group) is 1. The molecule has 0 amide bonds. The van der Waals surface area contributed by atoms with Gasteiger partial charge in [0.25, 0.3) is 0 Å². The van der Waals surface area contributed by atoms with Gasteiger partial charge < -0.3 is 5.32 Å². The van der Waals surface area contributed by atoms with Crippen LogP contribution in [0.15, 0.2) is 18.2 Å². The summed E-state index contributed by atoms with van der Waals surface area (Å²) in [6.45, 7) is 5.60. The van der Waals surface area contributed by atoms with Gasteiger partial charge in [0.05, 0.1) is 0 Å². The summed E-state index contributed by atoms with van der Waals surface area (Å²) in [5.41, 5.74) is 0.655. The van der Waals surface area contributed by atoms with Gasteiger partial charge in [-0.2, -0.15) is 0 Å². The number of halogens is 2. The standard InChI is InChI=1S/C14H20F2N2/c1-2-18(14-3-4-14)6-5-17-10-11-7-12(15)9-13(16)8-11/h7-9,14,17H,2-6,10H2,1H3. The zero-order valence-corrected chi connectivity index (χ0v) is 10.8. The van der Waals surface area contributed by atoms with Crippen LogP contribution in [0.4, 0.5) is 8.78 Å². The maximum Gasteiger partial charge on any atom is 0.126 e. The minimum Gasteiger partial charge on any atom is -0.311 e. The van der Waals surface area contributed by atoms with Crippen molar-refractivity contribution in [3.63, 3.8) is 0 Å². The number of hydrogen-bond acceptors (Lipinski definition) is 2. The van der Waals surface area contributed by atoms with E-state index in [1.54, 1.807) is 0 Å². The van der Waals surface area contributed by atoms with Gasteiger partial charge in [0.1, 0.15) is 11.6 Å². The first-order valence-electron chi connectivity index (χ1n) is 6.58. The number of rotatable bonds is 7. The maximum atomic E-state index is 13.0. The summed E-state index contributed by atoms with van der Waals surface area (Å²) in [6, 6.07) is 4.40. The molecule has 1 N–H and O–H groups in total. The summed E-state index contributed by atoms with van der Waals surface area (Å²) >= 11 is 0. The van der Waals surface area contributed by atoms with Gasteiger partial charge >= 0.3 is 0 Å². The lowest BCUT2D eigenvalue weighted by atomic mass is 10.2. The fourth-order valence-corrected chi connectivity index (χ4v) is 2.21. The number of nitrogens with zero attached hydrogens (tertiary/aromatic N) is 1. The number of benzene rings is 1. The predicted molar refractivity (Wildman–Crippen MR) is 68.3 cm³/mol. The first kappa shape index (κ1) is 13.4. The molecule has 0 aliphatic heterocycles. The minimum atomic E-state index is -0.514. The molecule has 1 aliphatic carbocycles. The SMILES string of the molecule is CCN(CCNCc1cc(F)cc(F)c1)C1CC1. The van der Waals surface area contributed by atoms with Crippen molar-refractivity contribution in [2.75, 3.05) is 19.6 Å². The molecule has 0 heterocycles. The molecule has 0 bridgehead atoms. The van der Waals surface area contributed by atoms with Gasteiger partial charge in [-0.15, -0.1) is 0 Å². The van der Waals surface area contributed by atoms with Crippen molar-refractivity contribution in [2.24, 2.45) is 0 Å². The lowest BCUT2D eigenvalue weighted by Crippen LogP contribution is -2.33. The Kier molecular flexibility index (Phi) is 4.66. The molecule has 4 heteroatoms. The van der Waals surface area contributed by atoms with Crippen molar-refractivity contribution in [3.8, 4) is 0 Å². The van der Waals surface area contributed by atoms with E-state index in [2.05, 4.69) is 17.1 Å². The largest absolute Gasteiger partial charge is 0.311 e. The Bertz CT molecular complexity index is 371. The Labute approximate surface area is 107 Å².